The summed E-state index contributed by atoms with van der Waals surface area (Å²) in [6.45, 7) is 0.212. The summed E-state index contributed by atoms with van der Waals surface area (Å²) in [5, 5.41) is 9.72. The number of halogens is 1. The molecule has 0 unspecified atom stereocenters. The minimum atomic E-state index is -0.361. The van der Waals surface area contributed by atoms with E-state index in [1.807, 2.05) is 30.5 Å². The standard InChI is InChI=1S/C22H17FN6O2/c1-31-21-26-29(22(30)27(21)13-15-4-6-17(23)7-5-15)18-8-9-20-16(11-18)14-28(25-20)19-3-2-10-24-12-19/h2-12,14H,13H2,1H3. The zero-order valence-corrected chi connectivity index (χ0v) is 16.5. The first-order chi connectivity index (χ1) is 15.1. The summed E-state index contributed by atoms with van der Waals surface area (Å²) >= 11 is 0. The summed E-state index contributed by atoms with van der Waals surface area (Å²) in [5.74, 6) is -0.334. The van der Waals surface area contributed by atoms with Crippen LogP contribution in [0.2, 0.25) is 0 Å². The van der Waals surface area contributed by atoms with Gasteiger partial charge in [0.15, 0.2) is 0 Å². The minimum absolute atomic E-state index is 0.167. The predicted octanol–water partition coefficient (Wildman–Crippen LogP) is 2.96. The number of nitrogens with zero attached hydrogens (tertiary/aromatic N) is 6. The van der Waals surface area contributed by atoms with E-state index in [-0.39, 0.29) is 24.1 Å². The molecule has 0 saturated heterocycles. The lowest BCUT2D eigenvalue weighted by atomic mass is 10.2. The van der Waals surface area contributed by atoms with E-state index in [4.69, 9.17) is 4.74 Å². The monoisotopic (exact) mass is 416 g/mol. The van der Waals surface area contributed by atoms with Crippen LogP contribution in [0.3, 0.4) is 0 Å². The van der Waals surface area contributed by atoms with Crippen molar-refractivity contribution in [3.05, 3.63) is 95.1 Å². The van der Waals surface area contributed by atoms with Crippen molar-refractivity contribution in [1.29, 1.82) is 0 Å². The summed E-state index contributed by atoms with van der Waals surface area (Å²) in [7, 11) is 1.45. The topological polar surface area (TPSA) is 79.8 Å². The van der Waals surface area contributed by atoms with Crippen molar-refractivity contribution in [2.45, 2.75) is 6.54 Å². The van der Waals surface area contributed by atoms with Gasteiger partial charge in [-0.25, -0.2) is 18.4 Å². The molecule has 0 radical (unpaired) electrons. The Bertz CT molecular complexity index is 1420. The highest BCUT2D eigenvalue weighted by atomic mass is 19.1. The van der Waals surface area contributed by atoms with Crippen molar-refractivity contribution in [3.8, 4) is 17.4 Å². The molecule has 3 heterocycles. The van der Waals surface area contributed by atoms with Gasteiger partial charge in [0.2, 0.25) is 0 Å². The fraction of sp³-hybridized carbons (Fsp3) is 0.0909. The van der Waals surface area contributed by atoms with Crippen LogP contribution in [0, 0.1) is 5.82 Å². The van der Waals surface area contributed by atoms with Crippen LogP contribution in [0.4, 0.5) is 4.39 Å². The Labute approximate surface area is 175 Å². The number of benzene rings is 2. The Hall–Kier alpha value is -4.27. The normalized spacial score (nSPS) is 11.2. The Morgan fingerprint density at radius 1 is 1.03 bits per heavy atom. The number of methoxy groups -OCH3 is 1. The second kappa shape index (κ2) is 7.52. The highest BCUT2D eigenvalue weighted by Crippen LogP contribution is 2.19. The average Bonchev–Trinajstić information content (AvgIpc) is 3.36. The van der Waals surface area contributed by atoms with E-state index in [9.17, 15) is 9.18 Å². The van der Waals surface area contributed by atoms with Crippen molar-refractivity contribution < 1.29 is 9.13 Å². The van der Waals surface area contributed by atoms with Crippen LogP contribution < -0.4 is 10.4 Å². The van der Waals surface area contributed by atoms with Crippen molar-refractivity contribution in [3.63, 3.8) is 0 Å². The lowest BCUT2D eigenvalue weighted by Gasteiger charge is -2.04. The molecule has 5 aromatic rings. The highest BCUT2D eigenvalue weighted by Gasteiger charge is 2.16. The summed E-state index contributed by atoms with van der Waals surface area (Å²) in [6.07, 6.45) is 5.29. The Kier molecular flexibility index (Phi) is 4.55. The molecule has 0 spiro atoms. The lowest BCUT2D eigenvalue weighted by molar-refractivity contribution is 0.357. The average molecular weight is 416 g/mol. The Balaban J connectivity index is 1.54. The molecule has 3 aromatic heterocycles. The smallest absolute Gasteiger partial charge is 0.353 e. The quantitative estimate of drug-likeness (QED) is 0.440. The number of pyridine rings is 1. The number of hydrogen-bond acceptors (Lipinski definition) is 5. The third-order valence-corrected chi connectivity index (χ3v) is 4.91. The molecule has 2 aromatic carbocycles. The summed E-state index contributed by atoms with van der Waals surface area (Å²) in [5.41, 5.74) is 2.59. The summed E-state index contributed by atoms with van der Waals surface area (Å²) < 4.78 is 22.9. The molecule has 0 aliphatic rings. The maximum Gasteiger partial charge on any atom is 0.353 e. The molecule has 0 amide bonds. The van der Waals surface area contributed by atoms with Crippen LogP contribution in [0.25, 0.3) is 22.3 Å². The van der Waals surface area contributed by atoms with Gasteiger partial charge in [-0.1, -0.05) is 12.1 Å². The first-order valence-corrected chi connectivity index (χ1v) is 9.51. The molecule has 0 bridgehead atoms. The van der Waals surface area contributed by atoms with Gasteiger partial charge in [-0.3, -0.25) is 4.98 Å². The Morgan fingerprint density at radius 2 is 1.87 bits per heavy atom. The van der Waals surface area contributed by atoms with Gasteiger partial charge in [0.1, 0.15) is 5.82 Å². The van der Waals surface area contributed by atoms with Crippen molar-refractivity contribution >= 4 is 10.9 Å². The molecule has 31 heavy (non-hydrogen) atoms. The van der Waals surface area contributed by atoms with E-state index in [1.54, 1.807) is 35.3 Å². The van der Waals surface area contributed by atoms with Gasteiger partial charge in [-0.15, -0.1) is 5.10 Å². The maximum absolute atomic E-state index is 13.2. The predicted molar refractivity (Wildman–Crippen MR) is 112 cm³/mol. The van der Waals surface area contributed by atoms with E-state index in [0.29, 0.717) is 5.69 Å². The minimum Gasteiger partial charge on any atom is -0.467 e. The van der Waals surface area contributed by atoms with E-state index < -0.39 is 0 Å². The van der Waals surface area contributed by atoms with Crippen LogP contribution in [0.15, 0.2) is 78.0 Å². The van der Waals surface area contributed by atoms with Gasteiger partial charge >= 0.3 is 11.7 Å². The molecule has 9 heteroatoms. The van der Waals surface area contributed by atoms with E-state index in [1.165, 1.54) is 28.5 Å². The third-order valence-electron chi connectivity index (χ3n) is 4.91. The first kappa shape index (κ1) is 18.7. The fourth-order valence-corrected chi connectivity index (χ4v) is 3.37. The van der Waals surface area contributed by atoms with E-state index in [0.717, 1.165) is 22.2 Å². The zero-order valence-electron chi connectivity index (χ0n) is 16.5. The van der Waals surface area contributed by atoms with Crippen LogP contribution in [-0.2, 0) is 6.54 Å². The molecule has 5 rings (SSSR count). The third kappa shape index (κ3) is 3.46. The van der Waals surface area contributed by atoms with Crippen molar-refractivity contribution in [2.24, 2.45) is 0 Å². The van der Waals surface area contributed by atoms with Gasteiger partial charge in [-0.05, 0) is 48.0 Å². The zero-order chi connectivity index (χ0) is 21.4. The largest absolute Gasteiger partial charge is 0.467 e. The van der Waals surface area contributed by atoms with Crippen molar-refractivity contribution in [2.75, 3.05) is 7.11 Å². The second-order valence-electron chi connectivity index (χ2n) is 6.92. The SMILES string of the molecule is COc1nn(-c2ccc3nn(-c4cccnc4)cc3c2)c(=O)n1Cc1ccc(F)cc1. The highest BCUT2D eigenvalue weighted by molar-refractivity contribution is 5.80. The molecule has 8 nitrogen and oxygen atoms in total. The number of rotatable bonds is 5. The molecule has 154 valence electrons. The molecule has 0 aliphatic carbocycles. The molecular formula is C22H17FN6O2. The Morgan fingerprint density at radius 3 is 2.61 bits per heavy atom. The number of ether oxygens (including phenoxy) is 1. The van der Waals surface area contributed by atoms with E-state index >= 15 is 0 Å². The van der Waals surface area contributed by atoms with E-state index in [2.05, 4.69) is 15.2 Å². The molecule has 0 fully saturated rings. The fourth-order valence-electron chi connectivity index (χ4n) is 3.37. The summed E-state index contributed by atoms with van der Waals surface area (Å²) in [4.78, 5) is 17.2. The van der Waals surface area contributed by atoms with Crippen molar-refractivity contribution in [1.82, 2.24) is 29.1 Å². The van der Waals surface area contributed by atoms with Gasteiger partial charge in [0.25, 0.3) is 0 Å². The van der Waals surface area contributed by atoms with Crippen LogP contribution >= 0.6 is 0 Å². The summed E-state index contributed by atoms with van der Waals surface area (Å²) in [6, 6.07) is 15.3. The van der Waals surface area contributed by atoms with Gasteiger partial charge in [0.05, 0.1) is 36.7 Å². The van der Waals surface area contributed by atoms with Gasteiger partial charge < -0.3 is 4.74 Å². The number of hydrogen-bond donors (Lipinski definition) is 0. The van der Waals surface area contributed by atoms with Crippen LogP contribution in [0.1, 0.15) is 5.56 Å². The number of aromatic nitrogens is 6. The molecular weight excluding hydrogens is 399 g/mol. The molecule has 0 aliphatic heterocycles. The molecule has 0 N–H and O–H groups in total. The van der Waals surface area contributed by atoms with Crippen LogP contribution in [-0.4, -0.2) is 36.2 Å². The molecule has 0 saturated carbocycles. The van der Waals surface area contributed by atoms with Gasteiger partial charge in [-0.2, -0.15) is 9.78 Å². The first-order valence-electron chi connectivity index (χ1n) is 9.51. The lowest BCUT2D eigenvalue weighted by Crippen LogP contribution is -2.24. The maximum atomic E-state index is 13.2. The molecule has 0 atom stereocenters. The second-order valence-corrected chi connectivity index (χ2v) is 6.92. The van der Waals surface area contributed by atoms with Crippen LogP contribution in [0.5, 0.6) is 6.01 Å². The van der Waals surface area contributed by atoms with Gasteiger partial charge in [0, 0.05) is 17.8 Å². The number of fused-ring (bicyclic) bond motifs is 1.